The number of aryl methyl sites for hydroxylation is 1. The van der Waals surface area contributed by atoms with Crippen molar-refractivity contribution >= 4 is 11.3 Å². The number of aromatic nitrogens is 1. The first-order chi connectivity index (χ1) is 10.7. The third-order valence-electron chi connectivity index (χ3n) is 4.90. The molecule has 0 bridgehead atoms. The van der Waals surface area contributed by atoms with Crippen LogP contribution in [0.1, 0.15) is 29.8 Å². The predicted octanol–water partition coefficient (Wildman–Crippen LogP) is 3.03. The molecule has 2 unspecified atom stereocenters. The van der Waals surface area contributed by atoms with Crippen molar-refractivity contribution in [1.29, 1.82) is 0 Å². The van der Waals surface area contributed by atoms with E-state index in [1.54, 1.807) is 11.3 Å². The molecule has 4 nitrogen and oxygen atoms in total. The first-order valence-electron chi connectivity index (χ1n) is 8.15. The average molecular weight is 322 g/mol. The molecule has 3 heterocycles. The van der Waals surface area contributed by atoms with E-state index >= 15 is 0 Å². The Hall–Kier alpha value is -0.750. The van der Waals surface area contributed by atoms with Gasteiger partial charge >= 0.3 is 0 Å². The summed E-state index contributed by atoms with van der Waals surface area (Å²) in [5.74, 6) is 0. The molecular weight excluding hydrogens is 296 g/mol. The minimum Gasteiger partial charge on any atom is -0.377 e. The lowest BCUT2D eigenvalue weighted by atomic mass is 9.73. The predicted molar refractivity (Wildman–Crippen MR) is 89.2 cm³/mol. The molecule has 0 N–H and O–H groups in total. The first kappa shape index (κ1) is 16.1. The van der Waals surface area contributed by atoms with Gasteiger partial charge in [0.05, 0.1) is 30.5 Å². The molecule has 1 aromatic heterocycles. The van der Waals surface area contributed by atoms with Gasteiger partial charge in [-0.15, -0.1) is 17.9 Å². The van der Waals surface area contributed by atoms with Gasteiger partial charge < -0.3 is 9.47 Å². The van der Waals surface area contributed by atoms with Crippen LogP contribution in [-0.2, 0) is 16.0 Å². The Balaban J connectivity index is 1.68. The summed E-state index contributed by atoms with van der Waals surface area (Å²) in [6.07, 6.45) is 5.63. The molecule has 2 fully saturated rings. The molecular formula is C17H26N2O2S. The highest BCUT2D eigenvalue weighted by Crippen LogP contribution is 2.41. The van der Waals surface area contributed by atoms with Gasteiger partial charge in [0.2, 0.25) is 0 Å². The van der Waals surface area contributed by atoms with Crippen molar-refractivity contribution in [2.24, 2.45) is 5.41 Å². The number of piperidine rings is 1. The van der Waals surface area contributed by atoms with Crippen LogP contribution >= 0.6 is 11.3 Å². The second-order valence-corrected chi connectivity index (χ2v) is 7.43. The Labute approximate surface area is 137 Å². The summed E-state index contributed by atoms with van der Waals surface area (Å²) in [6, 6.07) is 0. The van der Waals surface area contributed by atoms with Gasteiger partial charge in [0, 0.05) is 36.5 Å². The van der Waals surface area contributed by atoms with Crippen LogP contribution in [0.3, 0.4) is 0 Å². The summed E-state index contributed by atoms with van der Waals surface area (Å²) in [5.41, 5.74) is 3.27. The molecule has 5 heteroatoms. The average Bonchev–Trinajstić information content (AvgIpc) is 2.92. The molecule has 0 aliphatic carbocycles. The van der Waals surface area contributed by atoms with Gasteiger partial charge in [0.1, 0.15) is 0 Å². The van der Waals surface area contributed by atoms with Crippen molar-refractivity contribution in [2.75, 3.05) is 32.9 Å². The smallest absolute Gasteiger partial charge is 0.0798 e. The van der Waals surface area contributed by atoms with Crippen molar-refractivity contribution in [3.8, 4) is 0 Å². The standard InChI is InChI=1S/C17H26N2O2S/c1-3-8-20-12-17-6-4-9-21-16(17)5-7-19(11-17)10-15-14(2)18-13-22-15/h3,13,16H,1,4-12H2,2H3. The van der Waals surface area contributed by atoms with Crippen LogP contribution < -0.4 is 0 Å². The van der Waals surface area contributed by atoms with Gasteiger partial charge in [-0.05, 0) is 26.2 Å². The fourth-order valence-electron chi connectivity index (χ4n) is 3.75. The van der Waals surface area contributed by atoms with Gasteiger partial charge in [-0.25, -0.2) is 4.98 Å². The molecule has 3 rings (SSSR count). The zero-order chi connectivity index (χ0) is 15.4. The highest BCUT2D eigenvalue weighted by Gasteiger charge is 2.46. The van der Waals surface area contributed by atoms with Gasteiger partial charge in [-0.1, -0.05) is 6.08 Å². The van der Waals surface area contributed by atoms with E-state index in [4.69, 9.17) is 9.47 Å². The SMILES string of the molecule is C=CCOCC12CCCOC1CCN(Cc1scnc1C)C2. The highest BCUT2D eigenvalue weighted by atomic mass is 32.1. The van der Waals surface area contributed by atoms with Crippen LogP contribution in [0.2, 0.25) is 0 Å². The lowest BCUT2D eigenvalue weighted by Crippen LogP contribution is -2.56. The van der Waals surface area contributed by atoms with E-state index in [-0.39, 0.29) is 5.41 Å². The highest BCUT2D eigenvalue weighted by molar-refractivity contribution is 7.09. The largest absolute Gasteiger partial charge is 0.377 e. The summed E-state index contributed by atoms with van der Waals surface area (Å²) in [6.45, 7) is 11.3. The van der Waals surface area contributed by atoms with Crippen molar-refractivity contribution in [1.82, 2.24) is 9.88 Å². The second-order valence-electron chi connectivity index (χ2n) is 6.49. The quantitative estimate of drug-likeness (QED) is 0.596. The number of rotatable bonds is 6. The number of thiazole rings is 1. The topological polar surface area (TPSA) is 34.6 Å². The Morgan fingerprint density at radius 2 is 2.55 bits per heavy atom. The summed E-state index contributed by atoms with van der Waals surface area (Å²) in [7, 11) is 0. The normalized spacial score (nSPS) is 29.2. The Bertz CT molecular complexity index is 505. The maximum absolute atomic E-state index is 6.08. The Kier molecular flexibility index (Phi) is 5.29. The van der Waals surface area contributed by atoms with Crippen LogP contribution in [0.15, 0.2) is 18.2 Å². The van der Waals surface area contributed by atoms with Crippen molar-refractivity contribution in [2.45, 2.75) is 38.8 Å². The molecule has 122 valence electrons. The van der Waals surface area contributed by atoms with Gasteiger partial charge in [0.25, 0.3) is 0 Å². The molecule has 2 aliphatic rings. The van der Waals surface area contributed by atoms with E-state index < -0.39 is 0 Å². The van der Waals surface area contributed by atoms with Crippen LogP contribution in [0.4, 0.5) is 0 Å². The molecule has 0 amide bonds. The molecule has 0 spiro atoms. The van der Waals surface area contributed by atoms with Crippen LogP contribution in [0, 0.1) is 12.3 Å². The molecule has 1 aromatic rings. The van der Waals surface area contributed by atoms with E-state index in [2.05, 4.69) is 23.4 Å². The van der Waals surface area contributed by atoms with Crippen LogP contribution in [0.5, 0.6) is 0 Å². The molecule has 0 saturated carbocycles. The lowest BCUT2D eigenvalue weighted by molar-refractivity contribution is -0.151. The van der Waals surface area contributed by atoms with Crippen molar-refractivity contribution in [3.63, 3.8) is 0 Å². The number of ether oxygens (including phenoxy) is 2. The minimum absolute atomic E-state index is 0.151. The number of fused-ring (bicyclic) bond motifs is 1. The van der Waals surface area contributed by atoms with E-state index in [9.17, 15) is 0 Å². The summed E-state index contributed by atoms with van der Waals surface area (Å²) in [4.78, 5) is 8.32. The fourth-order valence-corrected chi connectivity index (χ4v) is 4.57. The summed E-state index contributed by atoms with van der Waals surface area (Å²) < 4.78 is 11.9. The van der Waals surface area contributed by atoms with Crippen LogP contribution in [0.25, 0.3) is 0 Å². The lowest BCUT2D eigenvalue weighted by Gasteiger charge is -2.50. The number of hydrogen-bond donors (Lipinski definition) is 0. The number of hydrogen-bond acceptors (Lipinski definition) is 5. The molecule has 0 radical (unpaired) electrons. The second kappa shape index (κ2) is 7.21. The summed E-state index contributed by atoms with van der Waals surface area (Å²) in [5, 5.41) is 0. The van der Waals surface area contributed by atoms with Gasteiger partial charge in [-0.3, -0.25) is 4.90 Å². The third kappa shape index (κ3) is 3.43. The van der Waals surface area contributed by atoms with Crippen molar-refractivity contribution < 1.29 is 9.47 Å². The molecule has 2 saturated heterocycles. The van der Waals surface area contributed by atoms with E-state index in [0.717, 1.165) is 45.7 Å². The molecule has 2 atom stereocenters. The Morgan fingerprint density at radius 3 is 3.32 bits per heavy atom. The monoisotopic (exact) mass is 322 g/mol. The maximum atomic E-state index is 6.08. The van der Waals surface area contributed by atoms with Crippen LogP contribution in [-0.4, -0.2) is 48.9 Å². The zero-order valence-electron chi connectivity index (χ0n) is 13.4. The maximum Gasteiger partial charge on any atom is 0.0798 e. The van der Waals surface area contributed by atoms with E-state index in [0.29, 0.717) is 12.7 Å². The summed E-state index contributed by atoms with van der Waals surface area (Å²) >= 11 is 1.76. The fraction of sp³-hybridized carbons (Fsp3) is 0.706. The zero-order valence-corrected chi connectivity index (χ0v) is 14.2. The number of likely N-dealkylation sites (tertiary alicyclic amines) is 1. The number of nitrogens with zero attached hydrogens (tertiary/aromatic N) is 2. The third-order valence-corrected chi connectivity index (χ3v) is 5.82. The van der Waals surface area contributed by atoms with Crippen molar-refractivity contribution in [3.05, 3.63) is 28.7 Å². The van der Waals surface area contributed by atoms with Gasteiger partial charge in [-0.2, -0.15) is 0 Å². The Morgan fingerprint density at radius 1 is 1.64 bits per heavy atom. The minimum atomic E-state index is 0.151. The molecule has 2 aliphatic heterocycles. The molecule has 22 heavy (non-hydrogen) atoms. The van der Waals surface area contributed by atoms with E-state index in [1.165, 1.54) is 17.0 Å². The van der Waals surface area contributed by atoms with Gasteiger partial charge in [0.15, 0.2) is 0 Å². The molecule has 0 aromatic carbocycles. The van der Waals surface area contributed by atoms with E-state index in [1.807, 2.05) is 11.6 Å². The first-order valence-corrected chi connectivity index (χ1v) is 9.03.